The molecule has 0 fully saturated rings. The Kier molecular flexibility index (Phi) is 4.29. The lowest BCUT2D eigenvalue weighted by Gasteiger charge is -2.07. The first-order valence-corrected chi connectivity index (χ1v) is 8.43. The van der Waals surface area contributed by atoms with Crippen molar-refractivity contribution in [2.24, 2.45) is 0 Å². The number of pyridine rings is 3. The summed E-state index contributed by atoms with van der Waals surface area (Å²) in [6.07, 6.45) is 3.11. The molecule has 0 aliphatic carbocycles. The molecular formula is C19H13ClFN5O. The van der Waals surface area contributed by atoms with Gasteiger partial charge in [-0.15, -0.1) is 0 Å². The molecule has 4 heterocycles. The van der Waals surface area contributed by atoms with Crippen molar-refractivity contribution in [3.63, 3.8) is 0 Å². The van der Waals surface area contributed by atoms with Crippen LogP contribution in [0, 0.1) is 5.95 Å². The number of aromatic nitrogens is 4. The Hall–Kier alpha value is -3.32. The van der Waals surface area contributed by atoms with Crippen LogP contribution in [0.4, 0.5) is 10.2 Å². The van der Waals surface area contributed by atoms with Crippen molar-refractivity contribution in [1.29, 1.82) is 0 Å². The van der Waals surface area contributed by atoms with Gasteiger partial charge < -0.3 is 10.3 Å². The third-order valence-corrected chi connectivity index (χ3v) is 4.13. The van der Waals surface area contributed by atoms with Crippen LogP contribution < -0.4 is 5.32 Å². The SMILES string of the molecule is CC(=O)Nc1cc(-c2[nH]c3cc(Cl)cnc3c2-c2cccc(F)n2)ccn1. The van der Waals surface area contributed by atoms with Gasteiger partial charge in [0.05, 0.1) is 33.0 Å². The van der Waals surface area contributed by atoms with E-state index in [-0.39, 0.29) is 5.91 Å². The van der Waals surface area contributed by atoms with Crippen molar-refractivity contribution in [2.75, 3.05) is 5.32 Å². The summed E-state index contributed by atoms with van der Waals surface area (Å²) in [5, 5.41) is 3.12. The Labute approximate surface area is 158 Å². The highest BCUT2D eigenvalue weighted by Gasteiger charge is 2.18. The number of hydrogen-bond acceptors (Lipinski definition) is 4. The number of hydrogen-bond donors (Lipinski definition) is 2. The molecule has 134 valence electrons. The molecule has 0 aromatic carbocycles. The average Bonchev–Trinajstić information content (AvgIpc) is 3.00. The normalized spacial score (nSPS) is 10.9. The smallest absolute Gasteiger partial charge is 0.222 e. The fourth-order valence-corrected chi connectivity index (χ4v) is 3.06. The highest BCUT2D eigenvalue weighted by Crippen LogP contribution is 2.37. The van der Waals surface area contributed by atoms with Crippen LogP contribution in [0.2, 0.25) is 5.02 Å². The Bertz CT molecular complexity index is 1170. The van der Waals surface area contributed by atoms with E-state index in [0.29, 0.717) is 38.8 Å². The zero-order chi connectivity index (χ0) is 19.0. The molecule has 2 N–H and O–H groups in total. The highest BCUT2D eigenvalue weighted by molar-refractivity contribution is 6.31. The minimum Gasteiger partial charge on any atom is -0.353 e. The van der Waals surface area contributed by atoms with E-state index in [1.807, 2.05) is 0 Å². The largest absolute Gasteiger partial charge is 0.353 e. The molecule has 0 spiro atoms. The highest BCUT2D eigenvalue weighted by atomic mass is 35.5. The van der Waals surface area contributed by atoms with Crippen LogP contribution in [-0.2, 0) is 4.79 Å². The first-order chi connectivity index (χ1) is 13.0. The van der Waals surface area contributed by atoms with Gasteiger partial charge >= 0.3 is 0 Å². The molecule has 0 saturated heterocycles. The summed E-state index contributed by atoms with van der Waals surface area (Å²) in [5.41, 5.74) is 3.79. The van der Waals surface area contributed by atoms with Crippen LogP contribution in [0.25, 0.3) is 33.5 Å². The van der Waals surface area contributed by atoms with Crippen LogP contribution in [0.3, 0.4) is 0 Å². The first-order valence-electron chi connectivity index (χ1n) is 8.05. The molecule has 4 aromatic heterocycles. The number of fused-ring (bicyclic) bond motifs is 1. The lowest BCUT2D eigenvalue weighted by Crippen LogP contribution is -2.07. The second kappa shape index (κ2) is 6.77. The summed E-state index contributed by atoms with van der Waals surface area (Å²) in [5.74, 6) is -0.407. The van der Waals surface area contributed by atoms with Gasteiger partial charge in [-0.25, -0.2) is 9.97 Å². The Morgan fingerprint density at radius 3 is 2.85 bits per heavy atom. The molecule has 0 bridgehead atoms. The maximum Gasteiger partial charge on any atom is 0.222 e. The molecule has 6 nitrogen and oxygen atoms in total. The van der Waals surface area contributed by atoms with Gasteiger partial charge in [0.2, 0.25) is 11.9 Å². The van der Waals surface area contributed by atoms with Gasteiger partial charge in [-0.1, -0.05) is 17.7 Å². The summed E-state index contributed by atoms with van der Waals surface area (Å²) in [6.45, 7) is 1.41. The lowest BCUT2D eigenvalue weighted by molar-refractivity contribution is -0.114. The van der Waals surface area contributed by atoms with Gasteiger partial charge in [-0.3, -0.25) is 9.78 Å². The van der Waals surface area contributed by atoms with Crippen molar-refractivity contribution in [3.8, 4) is 22.5 Å². The second-order valence-corrected chi connectivity index (χ2v) is 6.32. The van der Waals surface area contributed by atoms with Crippen LogP contribution in [0.15, 0.2) is 48.8 Å². The number of carbonyl (C=O) groups excluding carboxylic acids is 1. The van der Waals surface area contributed by atoms with E-state index in [4.69, 9.17) is 11.6 Å². The van der Waals surface area contributed by atoms with Crippen LogP contribution in [0.1, 0.15) is 6.92 Å². The molecule has 0 aliphatic rings. The molecule has 1 amide bonds. The third-order valence-electron chi connectivity index (χ3n) is 3.92. The molecule has 27 heavy (non-hydrogen) atoms. The predicted octanol–water partition coefficient (Wildman–Crippen LogP) is 4.44. The van der Waals surface area contributed by atoms with Crippen molar-refractivity contribution < 1.29 is 9.18 Å². The van der Waals surface area contributed by atoms with Crippen LogP contribution in [-0.4, -0.2) is 25.8 Å². The quantitative estimate of drug-likeness (QED) is 0.514. The Morgan fingerprint density at radius 1 is 1.22 bits per heavy atom. The van der Waals surface area contributed by atoms with Crippen molar-refractivity contribution in [2.45, 2.75) is 6.92 Å². The van der Waals surface area contributed by atoms with Crippen LogP contribution >= 0.6 is 11.6 Å². The predicted molar refractivity (Wildman–Crippen MR) is 102 cm³/mol. The molecule has 0 unspecified atom stereocenters. The van der Waals surface area contributed by atoms with E-state index in [1.54, 1.807) is 36.5 Å². The Morgan fingerprint density at radius 2 is 2.07 bits per heavy atom. The lowest BCUT2D eigenvalue weighted by atomic mass is 10.0. The summed E-state index contributed by atoms with van der Waals surface area (Å²) >= 11 is 6.06. The zero-order valence-electron chi connectivity index (χ0n) is 14.1. The second-order valence-electron chi connectivity index (χ2n) is 5.88. The van der Waals surface area contributed by atoms with E-state index >= 15 is 0 Å². The maximum absolute atomic E-state index is 13.7. The molecule has 4 aromatic rings. The summed E-state index contributed by atoms with van der Waals surface area (Å²) in [6, 6.07) is 9.82. The fraction of sp³-hybridized carbons (Fsp3) is 0.0526. The molecule has 4 rings (SSSR count). The summed E-state index contributed by atoms with van der Waals surface area (Å²) < 4.78 is 13.7. The molecule has 0 radical (unpaired) electrons. The molecule has 8 heteroatoms. The minimum absolute atomic E-state index is 0.225. The number of carbonyl (C=O) groups is 1. The van der Waals surface area contributed by atoms with E-state index in [0.717, 1.165) is 5.56 Å². The van der Waals surface area contributed by atoms with E-state index in [2.05, 4.69) is 25.3 Å². The number of H-pyrrole nitrogens is 1. The van der Waals surface area contributed by atoms with Crippen molar-refractivity contribution in [3.05, 3.63) is 59.8 Å². The van der Waals surface area contributed by atoms with Crippen molar-refractivity contribution >= 4 is 34.4 Å². The van der Waals surface area contributed by atoms with Crippen LogP contribution in [0.5, 0.6) is 0 Å². The zero-order valence-corrected chi connectivity index (χ0v) is 14.9. The van der Waals surface area contributed by atoms with Gasteiger partial charge in [0.25, 0.3) is 0 Å². The fourth-order valence-electron chi connectivity index (χ4n) is 2.90. The number of nitrogens with one attached hydrogen (secondary N) is 2. The average molecular weight is 382 g/mol. The topological polar surface area (TPSA) is 83.6 Å². The first kappa shape index (κ1) is 17.1. The monoisotopic (exact) mass is 381 g/mol. The number of amides is 1. The van der Waals surface area contributed by atoms with Gasteiger partial charge in [-0.2, -0.15) is 4.39 Å². The minimum atomic E-state index is -0.588. The number of aromatic amines is 1. The standard InChI is InChI=1S/C19H13ClFN5O/c1-10(27)24-16-7-11(5-6-22-16)18-17(13-3-2-4-15(21)25-13)19-14(26-18)8-12(20)9-23-19/h2-9,26H,1H3,(H,22,24,27). The van der Waals surface area contributed by atoms with Gasteiger partial charge in [-0.05, 0) is 30.3 Å². The van der Waals surface area contributed by atoms with Gasteiger partial charge in [0.15, 0.2) is 0 Å². The molecule has 0 atom stereocenters. The number of halogens is 2. The number of nitrogens with zero attached hydrogens (tertiary/aromatic N) is 3. The number of anilines is 1. The van der Waals surface area contributed by atoms with Gasteiger partial charge in [0, 0.05) is 24.9 Å². The number of rotatable bonds is 3. The summed E-state index contributed by atoms with van der Waals surface area (Å²) in [4.78, 5) is 27.1. The van der Waals surface area contributed by atoms with E-state index in [9.17, 15) is 9.18 Å². The summed E-state index contributed by atoms with van der Waals surface area (Å²) in [7, 11) is 0. The van der Waals surface area contributed by atoms with Gasteiger partial charge in [0.1, 0.15) is 5.82 Å². The molecule has 0 aliphatic heterocycles. The van der Waals surface area contributed by atoms with Crippen molar-refractivity contribution in [1.82, 2.24) is 19.9 Å². The molecule has 0 saturated carbocycles. The van der Waals surface area contributed by atoms with E-state index in [1.165, 1.54) is 19.2 Å². The van der Waals surface area contributed by atoms with E-state index < -0.39 is 5.95 Å². The third kappa shape index (κ3) is 3.37. The maximum atomic E-state index is 13.7. The molecular weight excluding hydrogens is 369 g/mol. The Balaban J connectivity index is 1.97.